The molecule has 0 amide bonds. The van der Waals surface area contributed by atoms with Crippen molar-refractivity contribution in [1.82, 2.24) is 5.32 Å². The van der Waals surface area contributed by atoms with E-state index in [-0.39, 0.29) is 0 Å². The van der Waals surface area contributed by atoms with Crippen molar-refractivity contribution in [2.75, 3.05) is 6.54 Å². The number of hydrogen-bond acceptors (Lipinski definition) is 2. The van der Waals surface area contributed by atoms with Crippen LogP contribution in [0.1, 0.15) is 44.7 Å². The zero-order valence-corrected chi connectivity index (χ0v) is 11.8. The summed E-state index contributed by atoms with van der Waals surface area (Å²) in [5.74, 6) is 1.09. The number of fused-ring (bicyclic) bond motifs is 1. The Balaban J connectivity index is 1.76. The third-order valence-corrected chi connectivity index (χ3v) is 3.41. The lowest BCUT2D eigenvalue weighted by Crippen LogP contribution is -2.23. The van der Waals surface area contributed by atoms with Crippen molar-refractivity contribution < 1.29 is 4.74 Å². The van der Waals surface area contributed by atoms with Crippen LogP contribution in [-0.4, -0.2) is 18.7 Å². The molecule has 2 nitrogen and oxygen atoms in total. The van der Waals surface area contributed by atoms with Crippen LogP contribution in [0.15, 0.2) is 18.2 Å². The molecule has 0 aliphatic carbocycles. The molecule has 1 aromatic rings. The van der Waals surface area contributed by atoms with E-state index in [1.165, 1.54) is 30.4 Å². The first-order valence-electron chi connectivity index (χ1n) is 7.17. The van der Waals surface area contributed by atoms with Crippen LogP contribution in [0.3, 0.4) is 0 Å². The van der Waals surface area contributed by atoms with E-state index >= 15 is 0 Å². The highest BCUT2D eigenvalue weighted by Crippen LogP contribution is 2.29. The maximum atomic E-state index is 5.72. The Hall–Kier alpha value is -1.02. The summed E-state index contributed by atoms with van der Waals surface area (Å²) >= 11 is 0. The third-order valence-electron chi connectivity index (χ3n) is 3.41. The van der Waals surface area contributed by atoms with E-state index in [1.807, 2.05) is 0 Å². The van der Waals surface area contributed by atoms with Gasteiger partial charge in [-0.25, -0.2) is 0 Å². The molecular weight excluding hydrogens is 222 g/mol. The number of aryl methyl sites for hydroxylation is 1. The summed E-state index contributed by atoms with van der Waals surface area (Å²) < 4.78 is 5.72. The smallest absolute Gasteiger partial charge is 0.123 e. The van der Waals surface area contributed by atoms with E-state index in [0.29, 0.717) is 12.1 Å². The SMILES string of the molecule is CC(C)NCCCCc1ccc2c(c1)CC(C)O2. The lowest BCUT2D eigenvalue weighted by atomic mass is 10.0. The second kappa shape index (κ2) is 6.24. The Bertz CT molecular complexity index is 387. The standard InChI is InChI=1S/C16H25NO/c1-12(2)17-9-5-4-6-14-7-8-16-15(11-14)10-13(3)18-16/h7-8,11-13,17H,4-6,9-10H2,1-3H3. The van der Waals surface area contributed by atoms with E-state index in [4.69, 9.17) is 4.74 Å². The Morgan fingerprint density at radius 3 is 2.94 bits per heavy atom. The quantitative estimate of drug-likeness (QED) is 0.779. The molecular formula is C16H25NO. The van der Waals surface area contributed by atoms with Gasteiger partial charge < -0.3 is 10.1 Å². The number of rotatable bonds is 6. The molecule has 1 N–H and O–H groups in total. The fraction of sp³-hybridized carbons (Fsp3) is 0.625. The van der Waals surface area contributed by atoms with Crippen molar-refractivity contribution in [3.05, 3.63) is 29.3 Å². The second-order valence-electron chi connectivity index (χ2n) is 5.64. The molecule has 1 aliphatic rings. The van der Waals surface area contributed by atoms with Crippen LogP contribution in [0.2, 0.25) is 0 Å². The molecule has 1 atom stereocenters. The van der Waals surface area contributed by atoms with Crippen LogP contribution in [0.5, 0.6) is 5.75 Å². The zero-order valence-electron chi connectivity index (χ0n) is 11.8. The minimum Gasteiger partial charge on any atom is -0.490 e. The molecule has 1 heterocycles. The highest BCUT2D eigenvalue weighted by molar-refractivity contribution is 5.40. The lowest BCUT2D eigenvalue weighted by Gasteiger charge is -2.08. The molecule has 18 heavy (non-hydrogen) atoms. The van der Waals surface area contributed by atoms with Crippen molar-refractivity contribution in [2.45, 2.75) is 58.6 Å². The van der Waals surface area contributed by atoms with Gasteiger partial charge in [-0.05, 0) is 49.9 Å². The van der Waals surface area contributed by atoms with Gasteiger partial charge in [0.1, 0.15) is 11.9 Å². The molecule has 2 heteroatoms. The lowest BCUT2D eigenvalue weighted by molar-refractivity contribution is 0.254. The molecule has 1 aliphatic heterocycles. The average molecular weight is 247 g/mol. The molecule has 0 saturated carbocycles. The van der Waals surface area contributed by atoms with Crippen LogP contribution in [0.4, 0.5) is 0 Å². The van der Waals surface area contributed by atoms with E-state index in [2.05, 4.69) is 44.3 Å². The number of hydrogen-bond donors (Lipinski definition) is 1. The predicted octanol–water partition coefficient (Wildman–Crippen LogP) is 3.33. The first-order chi connectivity index (χ1) is 8.65. The topological polar surface area (TPSA) is 21.3 Å². The van der Waals surface area contributed by atoms with Gasteiger partial charge in [0.05, 0.1) is 0 Å². The Morgan fingerprint density at radius 2 is 2.17 bits per heavy atom. The number of benzene rings is 1. The van der Waals surface area contributed by atoms with Crippen molar-refractivity contribution in [1.29, 1.82) is 0 Å². The monoisotopic (exact) mass is 247 g/mol. The minimum atomic E-state index is 0.352. The van der Waals surface area contributed by atoms with Gasteiger partial charge in [-0.15, -0.1) is 0 Å². The van der Waals surface area contributed by atoms with Gasteiger partial charge in [0.15, 0.2) is 0 Å². The number of unbranched alkanes of at least 4 members (excludes halogenated alkanes) is 1. The minimum absolute atomic E-state index is 0.352. The van der Waals surface area contributed by atoms with E-state index in [9.17, 15) is 0 Å². The summed E-state index contributed by atoms with van der Waals surface area (Å²) in [6.45, 7) is 7.66. The maximum Gasteiger partial charge on any atom is 0.123 e. The van der Waals surface area contributed by atoms with Crippen LogP contribution in [0.25, 0.3) is 0 Å². The molecule has 1 aromatic carbocycles. The van der Waals surface area contributed by atoms with Crippen LogP contribution in [0, 0.1) is 0 Å². The molecule has 0 bridgehead atoms. The van der Waals surface area contributed by atoms with E-state index in [1.54, 1.807) is 0 Å². The van der Waals surface area contributed by atoms with Crippen LogP contribution < -0.4 is 10.1 Å². The first-order valence-corrected chi connectivity index (χ1v) is 7.17. The van der Waals surface area contributed by atoms with Crippen molar-refractivity contribution in [2.24, 2.45) is 0 Å². The summed E-state index contributed by atoms with van der Waals surface area (Å²) in [6.07, 6.45) is 5.11. The van der Waals surface area contributed by atoms with Gasteiger partial charge in [0.2, 0.25) is 0 Å². The molecule has 0 aromatic heterocycles. The highest BCUT2D eigenvalue weighted by Gasteiger charge is 2.18. The third kappa shape index (κ3) is 3.74. The Morgan fingerprint density at radius 1 is 1.33 bits per heavy atom. The summed E-state index contributed by atoms with van der Waals surface area (Å²) in [5, 5.41) is 3.46. The Kier molecular flexibility index (Phi) is 4.65. The molecule has 1 unspecified atom stereocenters. The molecule has 0 fully saturated rings. The van der Waals surface area contributed by atoms with E-state index in [0.717, 1.165) is 18.7 Å². The van der Waals surface area contributed by atoms with Gasteiger partial charge in [-0.1, -0.05) is 26.0 Å². The van der Waals surface area contributed by atoms with Gasteiger partial charge in [0, 0.05) is 12.5 Å². The number of nitrogens with one attached hydrogen (secondary N) is 1. The van der Waals surface area contributed by atoms with Gasteiger partial charge in [-0.3, -0.25) is 0 Å². The fourth-order valence-electron chi connectivity index (χ4n) is 2.48. The maximum absolute atomic E-state index is 5.72. The highest BCUT2D eigenvalue weighted by atomic mass is 16.5. The van der Waals surface area contributed by atoms with Gasteiger partial charge >= 0.3 is 0 Å². The molecule has 0 saturated heterocycles. The molecule has 0 radical (unpaired) electrons. The molecule has 0 spiro atoms. The molecule has 100 valence electrons. The van der Waals surface area contributed by atoms with Crippen molar-refractivity contribution in [3.63, 3.8) is 0 Å². The predicted molar refractivity (Wildman–Crippen MR) is 76.3 cm³/mol. The Labute approximate surface area is 111 Å². The van der Waals surface area contributed by atoms with Crippen LogP contribution >= 0.6 is 0 Å². The van der Waals surface area contributed by atoms with Crippen molar-refractivity contribution in [3.8, 4) is 5.75 Å². The summed E-state index contributed by atoms with van der Waals surface area (Å²) in [6, 6.07) is 7.28. The largest absolute Gasteiger partial charge is 0.490 e. The zero-order chi connectivity index (χ0) is 13.0. The fourth-order valence-corrected chi connectivity index (χ4v) is 2.48. The summed E-state index contributed by atoms with van der Waals surface area (Å²) in [5.41, 5.74) is 2.84. The summed E-state index contributed by atoms with van der Waals surface area (Å²) in [4.78, 5) is 0. The van der Waals surface area contributed by atoms with Crippen LogP contribution in [-0.2, 0) is 12.8 Å². The summed E-state index contributed by atoms with van der Waals surface area (Å²) in [7, 11) is 0. The average Bonchev–Trinajstić information content (AvgIpc) is 2.67. The molecule has 2 rings (SSSR count). The second-order valence-corrected chi connectivity index (χ2v) is 5.64. The van der Waals surface area contributed by atoms with E-state index < -0.39 is 0 Å². The normalized spacial score (nSPS) is 17.9. The van der Waals surface area contributed by atoms with Crippen molar-refractivity contribution >= 4 is 0 Å². The van der Waals surface area contributed by atoms with Gasteiger partial charge in [-0.2, -0.15) is 0 Å². The first kappa shape index (κ1) is 13.4. The number of ether oxygens (including phenoxy) is 1. The van der Waals surface area contributed by atoms with Gasteiger partial charge in [0.25, 0.3) is 0 Å².